The highest BCUT2D eigenvalue weighted by molar-refractivity contribution is 6.06. The van der Waals surface area contributed by atoms with Crippen LogP contribution >= 0.6 is 0 Å². The summed E-state index contributed by atoms with van der Waals surface area (Å²) in [6.45, 7) is 16.0. The van der Waals surface area contributed by atoms with Gasteiger partial charge in [0.25, 0.3) is 0 Å². The van der Waals surface area contributed by atoms with Crippen molar-refractivity contribution in [2.45, 2.75) is 60.4 Å². The van der Waals surface area contributed by atoms with E-state index in [1.165, 1.54) is 0 Å². The van der Waals surface area contributed by atoms with E-state index in [9.17, 15) is 9.90 Å². The van der Waals surface area contributed by atoms with Crippen molar-refractivity contribution in [3.8, 4) is 11.5 Å². The number of hydrogen-bond acceptors (Lipinski definition) is 6. The molecule has 1 aliphatic heterocycles. The molecule has 38 heavy (non-hydrogen) atoms. The Morgan fingerprint density at radius 3 is 2.61 bits per heavy atom. The van der Waals surface area contributed by atoms with Gasteiger partial charge in [0.05, 0.1) is 31.9 Å². The maximum Gasteiger partial charge on any atom is 0.197 e. The zero-order chi connectivity index (χ0) is 28.2. The van der Waals surface area contributed by atoms with Gasteiger partial charge in [0, 0.05) is 30.9 Å². The summed E-state index contributed by atoms with van der Waals surface area (Å²) in [7, 11) is 0. The lowest BCUT2D eigenvalue weighted by molar-refractivity contribution is -0.115. The molecule has 1 atom stereocenters. The average molecular weight is 530 g/mol. The standard InChI is InChI=1S/C30H44FN3O4/c1-7-11-12-23(17-22(6)33(8-2)15-16-35)14-13-21(5)25(36)20-34-19-24-18-26(37-9-3)29(38-10-4)28(31)27(24)30(34)32/h13-14,17-18,23,32,35H,5,7-12,15-16,19-20H2,1-4,6H3/b14-13?,22-17+,32-30?. The largest absolute Gasteiger partial charge is 0.490 e. The number of rotatable bonds is 17. The summed E-state index contributed by atoms with van der Waals surface area (Å²) in [6.07, 6.45) is 8.98. The smallest absolute Gasteiger partial charge is 0.197 e. The van der Waals surface area contributed by atoms with Gasteiger partial charge < -0.3 is 24.4 Å². The molecule has 1 heterocycles. The van der Waals surface area contributed by atoms with Crippen molar-refractivity contribution in [1.82, 2.24) is 9.80 Å². The van der Waals surface area contributed by atoms with Crippen LogP contribution in [0.25, 0.3) is 0 Å². The molecule has 0 saturated carbocycles. The number of aliphatic hydroxyl groups is 1. The van der Waals surface area contributed by atoms with Crippen LogP contribution < -0.4 is 9.47 Å². The molecule has 0 aromatic heterocycles. The van der Waals surface area contributed by atoms with Crippen LogP contribution in [0.5, 0.6) is 11.5 Å². The number of allylic oxidation sites excluding steroid dienone is 4. The molecular formula is C30H44FN3O4. The van der Waals surface area contributed by atoms with E-state index in [2.05, 4.69) is 31.4 Å². The molecule has 0 amide bonds. The third kappa shape index (κ3) is 7.93. The Morgan fingerprint density at radius 2 is 2.00 bits per heavy atom. The van der Waals surface area contributed by atoms with Crippen molar-refractivity contribution in [2.75, 3.05) is 39.5 Å². The molecule has 0 aliphatic carbocycles. The summed E-state index contributed by atoms with van der Waals surface area (Å²) in [4.78, 5) is 16.7. The number of unbranched alkanes of at least 4 members (excludes halogenated alkanes) is 1. The number of nitrogens with zero attached hydrogens (tertiary/aromatic N) is 2. The number of aliphatic hydroxyl groups excluding tert-OH is 1. The van der Waals surface area contributed by atoms with Gasteiger partial charge in [0.2, 0.25) is 0 Å². The van der Waals surface area contributed by atoms with Gasteiger partial charge in [0.1, 0.15) is 5.84 Å². The van der Waals surface area contributed by atoms with Crippen LogP contribution in [0.1, 0.15) is 65.0 Å². The summed E-state index contributed by atoms with van der Waals surface area (Å²) in [5.74, 6) is -0.463. The summed E-state index contributed by atoms with van der Waals surface area (Å²) in [5, 5.41) is 17.9. The van der Waals surface area contributed by atoms with E-state index in [0.717, 1.165) is 31.5 Å². The number of carbonyl (C=O) groups is 1. The van der Waals surface area contributed by atoms with Crippen LogP contribution in [0.3, 0.4) is 0 Å². The van der Waals surface area contributed by atoms with Crippen LogP contribution in [0.4, 0.5) is 4.39 Å². The lowest BCUT2D eigenvalue weighted by Crippen LogP contribution is -2.30. The van der Waals surface area contributed by atoms with E-state index in [1.54, 1.807) is 24.0 Å². The highest BCUT2D eigenvalue weighted by Gasteiger charge is 2.33. The molecule has 2 N–H and O–H groups in total. The minimum Gasteiger partial charge on any atom is -0.490 e. The van der Waals surface area contributed by atoms with Gasteiger partial charge in [0.15, 0.2) is 23.1 Å². The number of ether oxygens (including phenoxy) is 2. The van der Waals surface area contributed by atoms with Gasteiger partial charge in [-0.05, 0) is 51.7 Å². The van der Waals surface area contributed by atoms with Crippen LogP contribution in [0, 0.1) is 17.1 Å². The van der Waals surface area contributed by atoms with Crippen molar-refractivity contribution < 1.29 is 23.8 Å². The van der Waals surface area contributed by atoms with E-state index in [4.69, 9.17) is 14.9 Å². The Kier molecular flexibility index (Phi) is 12.5. The average Bonchev–Trinajstić information content (AvgIpc) is 3.20. The minimum absolute atomic E-state index is 0.000432. The third-order valence-corrected chi connectivity index (χ3v) is 6.61. The Balaban J connectivity index is 2.15. The molecule has 210 valence electrons. The van der Waals surface area contributed by atoms with Gasteiger partial charge in [-0.3, -0.25) is 10.2 Å². The molecule has 1 aromatic rings. The second-order valence-corrected chi connectivity index (χ2v) is 9.35. The lowest BCUT2D eigenvalue weighted by Gasteiger charge is -2.24. The first-order valence-corrected chi connectivity index (χ1v) is 13.6. The molecule has 8 heteroatoms. The number of ketones is 1. The number of fused-ring (bicyclic) bond motifs is 1. The van der Waals surface area contributed by atoms with E-state index >= 15 is 4.39 Å². The quantitative estimate of drug-likeness (QED) is 0.206. The molecule has 0 spiro atoms. The molecule has 0 bridgehead atoms. The predicted octanol–water partition coefficient (Wildman–Crippen LogP) is 5.47. The van der Waals surface area contributed by atoms with Crippen molar-refractivity contribution in [1.29, 1.82) is 5.41 Å². The third-order valence-electron chi connectivity index (χ3n) is 6.61. The van der Waals surface area contributed by atoms with Crippen molar-refractivity contribution in [2.24, 2.45) is 5.92 Å². The van der Waals surface area contributed by atoms with E-state index < -0.39 is 5.82 Å². The maximum atomic E-state index is 15.3. The van der Waals surface area contributed by atoms with Crippen molar-refractivity contribution in [3.63, 3.8) is 0 Å². The van der Waals surface area contributed by atoms with Gasteiger partial charge in [-0.1, -0.05) is 44.6 Å². The number of hydrogen-bond donors (Lipinski definition) is 2. The summed E-state index contributed by atoms with van der Waals surface area (Å²) in [6, 6.07) is 1.70. The topological polar surface area (TPSA) is 86.1 Å². The Labute approximate surface area is 227 Å². The second-order valence-electron chi connectivity index (χ2n) is 9.35. The fraction of sp³-hybridized carbons (Fsp3) is 0.533. The Hall–Kier alpha value is -3.13. The lowest BCUT2D eigenvalue weighted by atomic mass is 9.98. The summed E-state index contributed by atoms with van der Waals surface area (Å²) in [5.41, 5.74) is 2.17. The molecule has 7 nitrogen and oxygen atoms in total. The van der Waals surface area contributed by atoms with E-state index in [-0.39, 0.29) is 55.2 Å². The molecule has 0 fully saturated rings. The minimum atomic E-state index is -0.630. The second kappa shape index (κ2) is 15.3. The zero-order valence-corrected chi connectivity index (χ0v) is 23.6. The maximum absolute atomic E-state index is 15.3. The number of likely N-dealkylation sites (N-methyl/N-ethyl adjacent to an activating group) is 1. The van der Waals surface area contributed by atoms with E-state index in [0.29, 0.717) is 30.0 Å². The summed E-state index contributed by atoms with van der Waals surface area (Å²) < 4.78 is 26.3. The molecule has 1 aromatic carbocycles. The van der Waals surface area contributed by atoms with Crippen molar-refractivity contribution >= 4 is 11.6 Å². The van der Waals surface area contributed by atoms with Gasteiger partial charge in [-0.15, -0.1) is 0 Å². The number of amidine groups is 1. The Morgan fingerprint density at radius 1 is 1.29 bits per heavy atom. The van der Waals surface area contributed by atoms with Gasteiger partial charge in [-0.25, -0.2) is 4.39 Å². The number of halogens is 1. The zero-order valence-electron chi connectivity index (χ0n) is 23.6. The molecule has 0 saturated heterocycles. The number of carbonyl (C=O) groups excluding carboxylic acids is 1. The van der Waals surface area contributed by atoms with Crippen LogP contribution in [-0.2, 0) is 11.3 Å². The number of benzene rings is 1. The van der Waals surface area contributed by atoms with Crippen LogP contribution in [0.2, 0.25) is 0 Å². The monoisotopic (exact) mass is 529 g/mol. The first-order chi connectivity index (χ1) is 18.2. The van der Waals surface area contributed by atoms with Gasteiger partial charge in [-0.2, -0.15) is 0 Å². The number of Topliss-reactive ketones (excluding diaryl/α,β-unsaturated/α-hetero) is 1. The highest BCUT2D eigenvalue weighted by atomic mass is 19.1. The molecule has 2 rings (SSSR count). The Bertz CT molecular complexity index is 1050. The van der Waals surface area contributed by atoms with Crippen molar-refractivity contribution in [3.05, 3.63) is 59.1 Å². The van der Waals surface area contributed by atoms with Crippen LogP contribution in [-0.4, -0.2) is 66.0 Å². The molecule has 1 aliphatic rings. The SMILES string of the molecule is C=C(C=CC(/C=C(\C)N(CC)CCO)CCCC)C(=O)CN1Cc2cc(OCC)c(OCC)c(F)c2C1=N. The predicted molar refractivity (Wildman–Crippen MR) is 150 cm³/mol. The normalized spacial score (nSPS) is 14.1. The van der Waals surface area contributed by atoms with E-state index in [1.807, 2.05) is 19.9 Å². The molecule has 1 unspecified atom stereocenters. The fourth-order valence-electron chi connectivity index (χ4n) is 4.56. The summed E-state index contributed by atoms with van der Waals surface area (Å²) >= 11 is 0. The van der Waals surface area contributed by atoms with Gasteiger partial charge >= 0.3 is 0 Å². The fourth-order valence-corrected chi connectivity index (χ4v) is 4.56. The molecular weight excluding hydrogens is 485 g/mol. The number of nitrogens with one attached hydrogen (secondary N) is 1. The highest BCUT2D eigenvalue weighted by Crippen LogP contribution is 2.39. The first-order valence-electron chi connectivity index (χ1n) is 13.6. The first kappa shape index (κ1) is 31.1. The molecule has 0 radical (unpaired) electrons. The van der Waals surface area contributed by atoms with Crippen LogP contribution in [0.15, 0.2) is 42.1 Å².